The first-order valence-corrected chi connectivity index (χ1v) is 4.42. The Balaban J connectivity index is 2.29. The average molecular weight is 140 g/mol. The van der Waals surface area contributed by atoms with Crippen molar-refractivity contribution in [1.82, 2.24) is 0 Å². The Hall–Kier alpha value is 0. The molecule has 0 aliphatic heterocycles. The van der Waals surface area contributed by atoms with E-state index in [0.717, 1.165) is 17.8 Å². The second kappa shape index (κ2) is 2.25. The molecule has 60 valence electrons. The van der Waals surface area contributed by atoms with Gasteiger partial charge in [-0.1, -0.05) is 34.6 Å². The van der Waals surface area contributed by atoms with Gasteiger partial charge in [0.1, 0.15) is 0 Å². The van der Waals surface area contributed by atoms with E-state index in [1.807, 2.05) is 0 Å². The Kier molecular flexibility index (Phi) is 1.82. The highest BCUT2D eigenvalue weighted by atomic mass is 14.5. The summed E-state index contributed by atoms with van der Waals surface area (Å²) in [5.41, 5.74) is 0.545. The molecule has 10 heavy (non-hydrogen) atoms. The van der Waals surface area contributed by atoms with Gasteiger partial charge in [0.05, 0.1) is 0 Å². The Bertz CT molecular complexity index is 110. The van der Waals surface area contributed by atoms with Crippen LogP contribution in [-0.4, -0.2) is 0 Å². The highest BCUT2D eigenvalue weighted by Crippen LogP contribution is 2.51. The van der Waals surface area contributed by atoms with E-state index in [1.165, 1.54) is 6.42 Å². The molecular formula is C10H20. The fourth-order valence-corrected chi connectivity index (χ4v) is 1.84. The smallest absolute Gasteiger partial charge is 0.0352 e. The molecule has 1 aliphatic rings. The first-order chi connectivity index (χ1) is 4.42. The van der Waals surface area contributed by atoms with Crippen LogP contribution in [0.3, 0.4) is 0 Å². The lowest BCUT2D eigenvalue weighted by molar-refractivity contribution is 0.341. The zero-order chi connectivity index (χ0) is 7.94. The van der Waals surface area contributed by atoms with E-state index in [-0.39, 0.29) is 0 Å². The van der Waals surface area contributed by atoms with E-state index in [0.29, 0.717) is 5.41 Å². The van der Waals surface area contributed by atoms with Crippen molar-refractivity contribution >= 4 is 0 Å². The van der Waals surface area contributed by atoms with Crippen LogP contribution in [0.1, 0.15) is 41.0 Å². The Morgan fingerprint density at radius 1 is 1.00 bits per heavy atom. The third-order valence-corrected chi connectivity index (χ3v) is 2.89. The molecule has 0 bridgehead atoms. The molecule has 1 fully saturated rings. The van der Waals surface area contributed by atoms with Crippen molar-refractivity contribution in [3.05, 3.63) is 0 Å². The molecule has 0 radical (unpaired) electrons. The molecule has 0 heterocycles. The zero-order valence-corrected chi connectivity index (χ0v) is 7.94. The van der Waals surface area contributed by atoms with Crippen LogP contribution in [-0.2, 0) is 0 Å². The number of hydrogen-bond acceptors (Lipinski definition) is 0. The minimum atomic E-state index is 0.545. The Morgan fingerprint density at radius 3 is 1.50 bits per heavy atom. The summed E-state index contributed by atoms with van der Waals surface area (Å²) in [6.45, 7) is 11.8. The van der Waals surface area contributed by atoms with Gasteiger partial charge in [0, 0.05) is 0 Å². The Labute approximate surface area is 65.0 Å². The second-order valence-corrected chi connectivity index (χ2v) is 5.15. The quantitative estimate of drug-likeness (QED) is 0.524. The lowest BCUT2D eigenvalue weighted by Gasteiger charge is -2.17. The van der Waals surface area contributed by atoms with Crippen LogP contribution < -0.4 is 0 Å². The van der Waals surface area contributed by atoms with Gasteiger partial charge < -0.3 is 0 Å². The van der Waals surface area contributed by atoms with E-state index in [9.17, 15) is 0 Å². The molecule has 0 N–H and O–H groups in total. The van der Waals surface area contributed by atoms with Gasteiger partial charge in [-0.05, 0) is 29.6 Å². The fraction of sp³-hybridized carbons (Fsp3) is 1.00. The fourth-order valence-electron chi connectivity index (χ4n) is 1.84. The summed E-state index contributed by atoms with van der Waals surface area (Å²) in [6, 6.07) is 0. The van der Waals surface area contributed by atoms with Gasteiger partial charge in [-0.2, -0.15) is 0 Å². The normalized spacial score (nSPS) is 39.9. The second-order valence-electron chi connectivity index (χ2n) is 5.15. The molecule has 0 spiro atoms. The molecule has 0 amide bonds. The SMILES string of the molecule is CC1C(C)C1CC(C)(C)C. The van der Waals surface area contributed by atoms with Crippen LogP contribution in [0, 0.1) is 23.2 Å². The largest absolute Gasteiger partial charge is 0.0620 e. The van der Waals surface area contributed by atoms with Gasteiger partial charge in [0.2, 0.25) is 0 Å². The Morgan fingerprint density at radius 2 is 1.40 bits per heavy atom. The van der Waals surface area contributed by atoms with Crippen LogP contribution in [0.25, 0.3) is 0 Å². The molecule has 0 aromatic rings. The summed E-state index contributed by atoms with van der Waals surface area (Å²) in [7, 11) is 0. The molecule has 1 saturated carbocycles. The van der Waals surface area contributed by atoms with Crippen molar-refractivity contribution in [1.29, 1.82) is 0 Å². The first kappa shape index (κ1) is 8.10. The van der Waals surface area contributed by atoms with Crippen LogP contribution in [0.15, 0.2) is 0 Å². The number of hydrogen-bond donors (Lipinski definition) is 0. The minimum absolute atomic E-state index is 0.545. The highest BCUT2D eigenvalue weighted by molar-refractivity contribution is 4.92. The predicted molar refractivity (Wildman–Crippen MR) is 45.9 cm³/mol. The van der Waals surface area contributed by atoms with Crippen LogP contribution in [0.4, 0.5) is 0 Å². The molecule has 1 aliphatic carbocycles. The summed E-state index contributed by atoms with van der Waals surface area (Å²) in [4.78, 5) is 0. The molecule has 2 unspecified atom stereocenters. The minimum Gasteiger partial charge on any atom is -0.0620 e. The van der Waals surface area contributed by atoms with Crippen molar-refractivity contribution in [2.45, 2.75) is 41.0 Å². The monoisotopic (exact) mass is 140 g/mol. The van der Waals surface area contributed by atoms with Gasteiger partial charge in [0.25, 0.3) is 0 Å². The lowest BCUT2D eigenvalue weighted by Crippen LogP contribution is -2.06. The summed E-state index contributed by atoms with van der Waals surface area (Å²) in [5, 5.41) is 0. The standard InChI is InChI=1S/C10H20/c1-7-8(2)9(7)6-10(3,4)5/h7-9H,6H2,1-5H3. The maximum absolute atomic E-state index is 2.38. The highest BCUT2D eigenvalue weighted by Gasteiger charge is 2.43. The lowest BCUT2D eigenvalue weighted by atomic mass is 9.89. The van der Waals surface area contributed by atoms with Crippen LogP contribution in [0.5, 0.6) is 0 Å². The van der Waals surface area contributed by atoms with E-state index in [1.54, 1.807) is 0 Å². The van der Waals surface area contributed by atoms with E-state index >= 15 is 0 Å². The van der Waals surface area contributed by atoms with Gasteiger partial charge in [0.15, 0.2) is 0 Å². The first-order valence-electron chi connectivity index (χ1n) is 4.42. The third kappa shape index (κ3) is 1.74. The van der Waals surface area contributed by atoms with E-state index < -0.39 is 0 Å². The van der Waals surface area contributed by atoms with E-state index in [4.69, 9.17) is 0 Å². The molecule has 2 atom stereocenters. The molecule has 0 saturated heterocycles. The molecule has 0 heteroatoms. The molecule has 0 nitrogen and oxygen atoms in total. The topological polar surface area (TPSA) is 0 Å². The van der Waals surface area contributed by atoms with Crippen molar-refractivity contribution in [2.75, 3.05) is 0 Å². The number of rotatable bonds is 1. The van der Waals surface area contributed by atoms with Gasteiger partial charge >= 0.3 is 0 Å². The van der Waals surface area contributed by atoms with Crippen molar-refractivity contribution in [3.8, 4) is 0 Å². The van der Waals surface area contributed by atoms with Crippen LogP contribution in [0.2, 0.25) is 0 Å². The van der Waals surface area contributed by atoms with Gasteiger partial charge in [-0.25, -0.2) is 0 Å². The molecular weight excluding hydrogens is 120 g/mol. The van der Waals surface area contributed by atoms with Gasteiger partial charge in [-0.3, -0.25) is 0 Å². The average Bonchev–Trinajstić information content (AvgIpc) is 2.19. The van der Waals surface area contributed by atoms with E-state index in [2.05, 4.69) is 34.6 Å². The predicted octanol–water partition coefficient (Wildman–Crippen LogP) is 3.32. The molecule has 0 aromatic carbocycles. The maximum atomic E-state index is 2.38. The summed E-state index contributed by atoms with van der Waals surface area (Å²) >= 11 is 0. The van der Waals surface area contributed by atoms with Crippen molar-refractivity contribution < 1.29 is 0 Å². The zero-order valence-electron chi connectivity index (χ0n) is 7.94. The van der Waals surface area contributed by atoms with Crippen molar-refractivity contribution in [2.24, 2.45) is 23.2 Å². The summed E-state index contributed by atoms with van der Waals surface area (Å²) in [6.07, 6.45) is 1.41. The van der Waals surface area contributed by atoms with Gasteiger partial charge in [-0.15, -0.1) is 0 Å². The summed E-state index contributed by atoms with van der Waals surface area (Å²) < 4.78 is 0. The summed E-state index contributed by atoms with van der Waals surface area (Å²) in [5.74, 6) is 3.03. The van der Waals surface area contributed by atoms with Crippen LogP contribution >= 0.6 is 0 Å². The third-order valence-electron chi connectivity index (χ3n) is 2.89. The van der Waals surface area contributed by atoms with Crippen molar-refractivity contribution in [3.63, 3.8) is 0 Å². The molecule has 0 aromatic heterocycles. The maximum Gasteiger partial charge on any atom is -0.0352 e. The molecule has 1 rings (SSSR count).